The summed E-state index contributed by atoms with van der Waals surface area (Å²) in [5.41, 5.74) is -0.821. The minimum atomic E-state index is -1.09. The molecular weight excluding hydrogens is 296 g/mol. The average molecular weight is 315 g/mol. The molecule has 2 N–H and O–H groups in total. The lowest BCUT2D eigenvalue weighted by molar-refractivity contribution is -0.0343. The van der Waals surface area contributed by atoms with Crippen LogP contribution in [0.2, 0.25) is 5.02 Å². The minimum absolute atomic E-state index is 0.0283. The van der Waals surface area contributed by atoms with Gasteiger partial charge in [0.1, 0.15) is 6.61 Å². The van der Waals surface area contributed by atoms with E-state index >= 15 is 0 Å². The number of aromatic carboxylic acids is 1. The van der Waals surface area contributed by atoms with Crippen LogP contribution < -0.4 is 9.47 Å². The highest BCUT2D eigenvalue weighted by Crippen LogP contribution is 2.38. The number of rotatable bonds is 5. The number of methoxy groups -OCH3 is 1. The molecule has 1 aromatic rings. The first-order valence-corrected chi connectivity index (χ1v) is 7.29. The highest BCUT2D eigenvalue weighted by Gasteiger charge is 2.30. The molecule has 0 radical (unpaired) electrons. The third-order valence-corrected chi connectivity index (χ3v) is 4.03. The molecule has 1 aliphatic rings. The van der Waals surface area contributed by atoms with Gasteiger partial charge in [0.2, 0.25) is 0 Å². The zero-order chi connectivity index (χ0) is 15.5. The summed E-state index contributed by atoms with van der Waals surface area (Å²) >= 11 is 6.07. The van der Waals surface area contributed by atoms with E-state index in [0.29, 0.717) is 12.8 Å². The van der Waals surface area contributed by atoms with Crippen LogP contribution in [0.5, 0.6) is 11.5 Å². The van der Waals surface area contributed by atoms with Gasteiger partial charge in [-0.3, -0.25) is 0 Å². The van der Waals surface area contributed by atoms with Gasteiger partial charge in [-0.1, -0.05) is 30.9 Å². The molecule has 0 aromatic heterocycles. The quantitative estimate of drug-likeness (QED) is 0.873. The molecule has 0 heterocycles. The third kappa shape index (κ3) is 3.80. The predicted octanol–water partition coefficient (Wildman–Crippen LogP) is 3.12. The van der Waals surface area contributed by atoms with Crippen molar-refractivity contribution in [3.05, 3.63) is 22.7 Å². The second kappa shape index (κ2) is 6.54. The maximum absolute atomic E-state index is 11.0. The van der Waals surface area contributed by atoms with E-state index in [4.69, 9.17) is 26.2 Å². The van der Waals surface area contributed by atoms with Gasteiger partial charge >= 0.3 is 5.97 Å². The molecule has 1 aromatic carbocycles. The van der Waals surface area contributed by atoms with Gasteiger partial charge < -0.3 is 19.7 Å². The van der Waals surface area contributed by atoms with Crippen LogP contribution in [0.4, 0.5) is 0 Å². The number of carbonyl (C=O) groups is 1. The highest BCUT2D eigenvalue weighted by atomic mass is 35.5. The number of hydrogen-bond donors (Lipinski definition) is 2. The summed E-state index contributed by atoms with van der Waals surface area (Å²) in [7, 11) is 1.42. The standard InChI is InChI=1S/C15H19ClO5/c1-20-12-8-10(14(17)18)7-11(16)13(12)21-9-15(19)5-3-2-4-6-15/h7-8,19H,2-6,9H2,1H3,(H,17,18). The van der Waals surface area contributed by atoms with Crippen molar-refractivity contribution in [3.8, 4) is 11.5 Å². The third-order valence-electron chi connectivity index (χ3n) is 3.75. The molecule has 0 bridgehead atoms. The van der Waals surface area contributed by atoms with Crippen molar-refractivity contribution in [3.63, 3.8) is 0 Å². The first-order chi connectivity index (χ1) is 9.95. The van der Waals surface area contributed by atoms with Gasteiger partial charge in [0, 0.05) is 0 Å². The van der Waals surface area contributed by atoms with Crippen LogP contribution in [0.3, 0.4) is 0 Å². The minimum Gasteiger partial charge on any atom is -0.493 e. The Kier molecular flexibility index (Phi) is 4.96. The van der Waals surface area contributed by atoms with E-state index in [9.17, 15) is 9.90 Å². The molecular formula is C15H19ClO5. The van der Waals surface area contributed by atoms with Crippen LogP contribution in [-0.4, -0.2) is 35.5 Å². The molecule has 6 heteroatoms. The Labute approximate surface area is 128 Å². The Hall–Kier alpha value is -1.46. The van der Waals surface area contributed by atoms with Crippen molar-refractivity contribution in [2.45, 2.75) is 37.7 Å². The number of ether oxygens (including phenoxy) is 2. The summed E-state index contributed by atoms with van der Waals surface area (Å²) < 4.78 is 10.8. The Morgan fingerprint density at radius 3 is 2.57 bits per heavy atom. The lowest BCUT2D eigenvalue weighted by atomic mass is 9.85. The van der Waals surface area contributed by atoms with E-state index in [1.165, 1.54) is 19.2 Å². The molecule has 0 atom stereocenters. The molecule has 0 unspecified atom stereocenters. The molecule has 0 spiro atoms. The molecule has 1 saturated carbocycles. The molecule has 0 saturated heterocycles. The van der Waals surface area contributed by atoms with Crippen LogP contribution in [0, 0.1) is 0 Å². The lowest BCUT2D eigenvalue weighted by Crippen LogP contribution is -2.38. The van der Waals surface area contributed by atoms with Crippen LogP contribution in [-0.2, 0) is 0 Å². The first kappa shape index (κ1) is 15.9. The van der Waals surface area contributed by atoms with Gasteiger partial charge in [0.25, 0.3) is 0 Å². The van der Waals surface area contributed by atoms with E-state index in [0.717, 1.165) is 19.3 Å². The summed E-state index contributed by atoms with van der Waals surface area (Å²) in [6, 6.07) is 2.67. The molecule has 5 nitrogen and oxygen atoms in total. The average Bonchev–Trinajstić information content (AvgIpc) is 2.45. The van der Waals surface area contributed by atoms with Crippen molar-refractivity contribution in [2.24, 2.45) is 0 Å². The molecule has 116 valence electrons. The highest BCUT2D eigenvalue weighted by molar-refractivity contribution is 6.32. The van der Waals surface area contributed by atoms with Crippen molar-refractivity contribution >= 4 is 17.6 Å². The monoisotopic (exact) mass is 314 g/mol. The van der Waals surface area contributed by atoms with E-state index in [1.54, 1.807) is 0 Å². The summed E-state index contributed by atoms with van der Waals surface area (Å²) in [6.45, 7) is 0.121. The van der Waals surface area contributed by atoms with Gasteiger partial charge in [0.05, 0.1) is 23.3 Å². The van der Waals surface area contributed by atoms with E-state index < -0.39 is 11.6 Å². The zero-order valence-corrected chi connectivity index (χ0v) is 12.7. The van der Waals surface area contributed by atoms with E-state index in [1.807, 2.05) is 0 Å². The summed E-state index contributed by atoms with van der Waals surface area (Å²) in [6.07, 6.45) is 4.46. The van der Waals surface area contributed by atoms with E-state index in [2.05, 4.69) is 0 Å². The molecule has 1 fully saturated rings. The van der Waals surface area contributed by atoms with Gasteiger partial charge in [-0.25, -0.2) is 4.79 Å². The summed E-state index contributed by atoms with van der Waals surface area (Å²) in [5, 5.41) is 19.6. The number of aliphatic hydroxyl groups is 1. The second-order valence-corrected chi connectivity index (χ2v) is 5.78. The van der Waals surface area contributed by atoms with Crippen molar-refractivity contribution in [1.29, 1.82) is 0 Å². The Morgan fingerprint density at radius 2 is 2.00 bits per heavy atom. The zero-order valence-electron chi connectivity index (χ0n) is 11.9. The lowest BCUT2D eigenvalue weighted by Gasteiger charge is -2.32. The Bertz CT molecular complexity index is 523. The van der Waals surface area contributed by atoms with Gasteiger partial charge in [-0.15, -0.1) is 0 Å². The first-order valence-electron chi connectivity index (χ1n) is 6.91. The smallest absolute Gasteiger partial charge is 0.335 e. The van der Waals surface area contributed by atoms with Crippen molar-refractivity contribution in [1.82, 2.24) is 0 Å². The predicted molar refractivity (Wildman–Crippen MR) is 78.5 cm³/mol. The summed E-state index contributed by atoms with van der Waals surface area (Å²) in [5.74, 6) is -0.574. The van der Waals surface area contributed by atoms with Crippen molar-refractivity contribution < 1.29 is 24.5 Å². The Balaban J connectivity index is 2.17. The maximum Gasteiger partial charge on any atom is 0.335 e. The number of benzene rings is 1. The van der Waals surface area contributed by atoms with Crippen LogP contribution in [0.1, 0.15) is 42.5 Å². The van der Waals surface area contributed by atoms with Crippen LogP contribution in [0.15, 0.2) is 12.1 Å². The number of carboxylic acid groups (broad SMARTS) is 1. The van der Waals surface area contributed by atoms with E-state index in [-0.39, 0.29) is 28.7 Å². The number of hydrogen-bond acceptors (Lipinski definition) is 4. The fourth-order valence-electron chi connectivity index (χ4n) is 2.54. The normalized spacial score (nSPS) is 17.3. The van der Waals surface area contributed by atoms with Gasteiger partial charge in [-0.2, -0.15) is 0 Å². The van der Waals surface area contributed by atoms with Crippen LogP contribution in [0.25, 0.3) is 0 Å². The SMILES string of the molecule is COc1cc(C(=O)O)cc(Cl)c1OCC1(O)CCCCC1. The maximum atomic E-state index is 11.0. The fourth-order valence-corrected chi connectivity index (χ4v) is 2.81. The largest absolute Gasteiger partial charge is 0.493 e. The van der Waals surface area contributed by atoms with Gasteiger partial charge in [-0.05, 0) is 25.0 Å². The molecule has 1 aliphatic carbocycles. The number of carboxylic acids is 1. The Morgan fingerprint density at radius 1 is 1.33 bits per heavy atom. The number of halogens is 1. The van der Waals surface area contributed by atoms with Crippen LogP contribution >= 0.6 is 11.6 Å². The van der Waals surface area contributed by atoms with Crippen molar-refractivity contribution in [2.75, 3.05) is 13.7 Å². The topological polar surface area (TPSA) is 76.0 Å². The summed E-state index contributed by atoms with van der Waals surface area (Å²) in [4.78, 5) is 11.0. The molecule has 21 heavy (non-hydrogen) atoms. The molecule has 0 aliphatic heterocycles. The fraction of sp³-hybridized carbons (Fsp3) is 0.533. The van der Waals surface area contributed by atoms with Gasteiger partial charge in [0.15, 0.2) is 11.5 Å². The molecule has 2 rings (SSSR count). The molecule has 0 amide bonds. The second-order valence-electron chi connectivity index (χ2n) is 5.37.